The number of fused-ring (bicyclic) bond motifs is 2. The van der Waals surface area contributed by atoms with E-state index in [-0.39, 0.29) is 11.8 Å². The molecule has 0 spiro atoms. The van der Waals surface area contributed by atoms with E-state index in [0.717, 1.165) is 23.4 Å². The van der Waals surface area contributed by atoms with Gasteiger partial charge in [-0.15, -0.1) is 5.10 Å². The van der Waals surface area contributed by atoms with E-state index < -0.39 is 18.1 Å². The van der Waals surface area contributed by atoms with E-state index in [4.69, 9.17) is 0 Å². The molecule has 1 saturated heterocycles. The third-order valence-electron chi connectivity index (χ3n) is 6.34. The van der Waals surface area contributed by atoms with E-state index in [9.17, 15) is 18.0 Å². The van der Waals surface area contributed by atoms with Crippen molar-refractivity contribution in [2.75, 3.05) is 41.7 Å². The normalized spacial score (nSPS) is 19.5. The second kappa shape index (κ2) is 8.12. The zero-order valence-electron chi connectivity index (χ0n) is 18.8. The Morgan fingerprint density at radius 2 is 2.12 bits per heavy atom. The highest BCUT2D eigenvalue weighted by Gasteiger charge is 2.38. The van der Waals surface area contributed by atoms with Crippen molar-refractivity contribution in [1.29, 1.82) is 0 Å². The van der Waals surface area contributed by atoms with Gasteiger partial charge in [0.2, 0.25) is 11.9 Å². The van der Waals surface area contributed by atoms with E-state index in [1.807, 2.05) is 36.9 Å². The highest BCUT2D eigenvalue weighted by atomic mass is 19.4. The first-order chi connectivity index (χ1) is 16.1. The molecule has 2 aliphatic rings. The van der Waals surface area contributed by atoms with Crippen molar-refractivity contribution in [2.45, 2.75) is 31.9 Å². The van der Waals surface area contributed by atoms with Gasteiger partial charge in [0, 0.05) is 43.4 Å². The number of rotatable bonds is 6. The minimum absolute atomic E-state index is 0.0428. The van der Waals surface area contributed by atoms with Crippen LogP contribution in [0.3, 0.4) is 0 Å². The van der Waals surface area contributed by atoms with Crippen LogP contribution in [0.5, 0.6) is 0 Å². The molecule has 0 radical (unpaired) electrons. The lowest BCUT2D eigenvalue weighted by Gasteiger charge is -2.18. The third kappa shape index (κ3) is 4.25. The maximum atomic E-state index is 12.4. The molecular formula is C22H25F3N8O. The SMILES string of the molecule is CC1(C)C(=O)Nc2cc(Nc3nc4c(N5CCC(CNCC(F)(F)F)C5)nccn4n3)ccc21. The van der Waals surface area contributed by atoms with Crippen molar-refractivity contribution < 1.29 is 18.0 Å². The molecule has 1 atom stereocenters. The van der Waals surface area contributed by atoms with Gasteiger partial charge in [-0.1, -0.05) is 6.07 Å². The molecule has 2 aliphatic heterocycles. The molecule has 1 unspecified atom stereocenters. The second-order valence-electron chi connectivity index (χ2n) is 9.27. The number of carbonyl (C=O) groups excluding carboxylic acids is 1. The summed E-state index contributed by atoms with van der Waals surface area (Å²) < 4.78 is 38.8. The summed E-state index contributed by atoms with van der Waals surface area (Å²) >= 11 is 0. The topological polar surface area (TPSA) is 99.5 Å². The van der Waals surface area contributed by atoms with Gasteiger partial charge < -0.3 is 20.9 Å². The lowest BCUT2D eigenvalue weighted by Crippen LogP contribution is -2.33. The standard InChI is InChI=1S/C22H25F3N8O/c1-21(2)15-4-3-14(9-16(15)29-19(21)34)28-20-30-18-17(27-6-8-33(18)31-20)32-7-5-13(11-32)10-26-12-22(23,24)25/h3-4,6,8-9,13,26H,5,7,10-12H2,1-2H3,(H,28,31)(H,29,34). The Balaban J connectivity index is 1.30. The maximum Gasteiger partial charge on any atom is 0.401 e. The van der Waals surface area contributed by atoms with Gasteiger partial charge in [0.1, 0.15) is 0 Å². The predicted molar refractivity (Wildman–Crippen MR) is 121 cm³/mol. The molecule has 1 fully saturated rings. The molecular weight excluding hydrogens is 449 g/mol. The zero-order chi connectivity index (χ0) is 24.1. The fourth-order valence-electron chi connectivity index (χ4n) is 4.49. The minimum Gasteiger partial charge on any atom is -0.353 e. The van der Waals surface area contributed by atoms with Gasteiger partial charge in [-0.25, -0.2) is 9.50 Å². The summed E-state index contributed by atoms with van der Waals surface area (Å²) in [4.78, 5) is 23.3. The number of anilines is 4. The summed E-state index contributed by atoms with van der Waals surface area (Å²) in [5.74, 6) is 1.07. The number of hydrogen-bond acceptors (Lipinski definition) is 7. The summed E-state index contributed by atoms with van der Waals surface area (Å²) in [5.41, 5.74) is 2.41. The monoisotopic (exact) mass is 474 g/mol. The first kappa shape index (κ1) is 22.4. The highest BCUT2D eigenvalue weighted by Crippen LogP contribution is 2.39. The average molecular weight is 474 g/mol. The van der Waals surface area contributed by atoms with Gasteiger partial charge >= 0.3 is 6.18 Å². The number of benzene rings is 1. The molecule has 0 saturated carbocycles. The molecule has 3 aromatic rings. The zero-order valence-corrected chi connectivity index (χ0v) is 18.8. The molecule has 3 N–H and O–H groups in total. The number of halogens is 3. The van der Waals surface area contributed by atoms with Crippen molar-refractivity contribution in [3.63, 3.8) is 0 Å². The Labute approximate surface area is 193 Å². The molecule has 1 amide bonds. The first-order valence-electron chi connectivity index (χ1n) is 11.1. The largest absolute Gasteiger partial charge is 0.401 e. The fourth-order valence-corrected chi connectivity index (χ4v) is 4.49. The van der Waals surface area contributed by atoms with Gasteiger partial charge in [0.05, 0.1) is 12.0 Å². The van der Waals surface area contributed by atoms with Crippen LogP contribution in [0.2, 0.25) is 0 Å². The van der Waals surface area contributed by atoms with Crippen molar-refractivity contribution in [2.24, 2.45) is 5.92 Å². The van der Waals surface area contributed by atoms with Gasteiger partial charge in [-0.2, -0.15) is 18.2 Å². The summed E-state index contributed by atoms with van der Waals surface area (Å²) in [6, 6.07) is 5.64. The van der Waals surface area contributed by atoms with Crippen LogP contribution in [0.25, 0.3) is 5.65 Å². The van der Waals surface area contributed by atoms with Crippen LogP contribution in [-0.4, -0.2) is 57.8 Å². The number of aromatic nitrogens is 4. The van der Waals surface area contributed by atoms with Crippen LogP contribution in [0, 0.1) is 5.92 Å². The number of nitrogens with one attached hydrogen (secondary N) is 3. The van der Waals surface area contributed by atoms with Crippen LogP contribution < -0.4 is 20.9 Å². The van der Waals surface area contributed by atoms with Gasteiger partial charge in [-0.05, 0) is 43.9 Å². The number of carbonyl (C=O) groups is 1. The van der Waals surface area contributed by atoms with Crippen molar-refractivity contribution in [3.05, 3.63) is 36.2 Å². The highest BCUT2D eigenvalue weighted by molar-refractivity contribution is 6.06. The molecule has 9 nitrogen and oxygen atoms in total. The first-order valence-corrected chi connectivity index (χ1v) is 11.1. The number of amides is 1. The predicted octanol–water partition coefficient (Wildman–Crippen LogP) is 3.08. The molecule has 5 rings (SSSR count). The Hall–Kier alpha value is -3.41. The van der Waals surface area contributed by atoms with Gasteiger partial charge in [0.25, 0.3) is 0 Å². The molecule has 12 heteroatoms. The number of nitrogens with zero attached hydrogens (tertiary/aromatic N) is 5. The lowest BCUT2D eigenvalue weighted by atomic mass is 9.86. The maximum absolute atomic E-state index is 12.4. The van der Waals surface area contributed by atoms with Crippen LogP contribution in [0.1, 0.15) is 25.8 Å². The molecule has 0 bridgehead atoms. The number of alkyl halides is 3. The Kier molecular flexibility index (Phi) is 5.34. The minimum atomic E-state index is -4.21. The van der Waals surface area contributed by atoms with Crippen molar-refractivity contribution in [1.82, 2.24) is 24.9 Å². The molecule has 4 heterocycles. The molecule has 2 aromatic heterocycles. The summed E-state index contributed by atoms with van der Waals surface area (Å²) in [6.07, 6.45) is -0.120. The quantitative estimate of drug-likeness (QED) is 0.505. The van der Waals surface area contributed by atoms with Gasteiger partial charge in [-0.3, -0.25) is 4.79 Å². The van der Waals surface area contributed by atoms with E-state index in [1.165, 1.54) is 0 Å². The summed E-state index contributed by atoms with van der Waals surface area (Å²) in [7, 11) is 0. The smallest absolute Gasteiger partial charge is 0.353 e. The van der Waals surface area contributed by atoms with Crippen LogP contribution in [0.15, 0.2) is 30.6 Å². The fraction of sp³-hybridized carbons (Fsp3) is 0.455. The summed E-state index contributed by atoms with van der Waals surface area (Å²) in [6.45, 7) is 4.35. The van der Waals surface area contributed by atoms with E-state index >= 15 is 0 Å². The van der Waals surface area contributed by atoms with Crippen LogP contribution >= 0.6 is 0 Å². The Bertz CT molecular complexity index is 1240. The van der Waals surface area contributed by atoms with E-state index in [1.54, 1.807) is 16.9 Å². The second-order valence-corrected chi connectivity index (χ2v) is 9.27. The van der Waals surface area contributed by atoms with Crippen LogP contribution in [-0.2, 0) is 10.2 Å². The molecule has 1 aromatic carbocycles. The Morgan fingerprint density at radius 3 is 2.91 bits per heavy atom. The average Bonchev–Trinajstić information content (AvgIpc) is 3.43. The van der Waals surface area contributed by atoms with Crippen molar-refractivity contribution >= 4 is 34.7 Å². The van der Waals surface area contributed by atoms with Crippen LogP contribution in [0.4, 0.5) is 36.3 Å². The van der Waals surface area contributed by atoms with Crippen molar-refractivity contribution in [3.8, 4) is 0 Å². The number of hydrogen-bond donors (Lipinski definition) is 3. The molecule has 180 valence electrons. The lowest BCUT2D eigenvalue weighted by molar-refractivity contribution is -0.125. The Morgan fingerprint density at radius 1 is 1.29 bits per heavy atom. The third-order valence-corrected chi connectivity index (χ3v) is 6.34. The van der Waals surface area contributed by atoms with E-state index in [2.05, 4.69) is 31.0 Å². The summed E-state index contributed by atoms with van der Waals surface area (Å²) in [5, 5.41) is 13.0. The molecule has 0 aliphatic carbocycles. The molecule has 34 heavy (non-hydrogen) atoms. The van der Waals surface area contributed by atoms with Gasteiger partial charge in [0.15, 0.2) is 11.5 Å². The van der Waals surface area contributed by atoms with E-state index in [0.29, 0.717) is 37.0 Å².